The Kier molecular flexibility index (Phi) is 11.4. The summed E-state index contributed by atoms with van der Waals surface area (Å²) in [6.07, 6.45) is 9.04. The second kappa shape index (κ2) is 17.4. The number of aryl methyl sites for hydroxylation is 1. The molecule has 0 bridgehead atoms. The van der Waals surface area contributed by atoms with Crippen molar-refractivity contribution in [2.75, 3.05) is 54.4 Å². The average molecular weight is 893 g/mol. The van der Waals surface area contributed by atoms with E-state index < -0.39 is 17.6 Å². The van der Waals surface area contributed by atoms with Gasteiger partial charge in [0.15, 0.2) is 5.78 Å². The van der Waals surface area contributed by atoms with E-state index in [1.165, 1.54) is 18.2 Å². The van der Waals surface area contributed by atoms with Crippen LogP contribution in [0.3, 0.4) is 0 Å². The first-order chi connectivity index (χ1) is 31.8. The number of fused-ring (bicyclic) bond motifs is 2. The van der Waals surface area contributed by atoms with Crippen molar-refractivity contribution in [1.29, 1.82) is 0 Å². The Balaban J connectivity index is 0.724. The molecule has 342 valence electrons. The number of nitrogens with zero attached hydrogens (tertiary/aromatic N) is 8. The van der Waals surface area contributed by atoms with Gasteiger partial charge in [-0.3, -0.25) is 38.8 Å². The molecule has 16 heteroatoms. The second-order valence-corrected chi connectivity index (χ2v) is 18.7. The number of piperidine rings is 2. The van der Waals surface area contributed by atoms with Gasteiger partial charge in [0, 0.05) is 87.2 Å². The maximum atomic E-state index is 13.6. The van der Waals surface area contributed by atoms with Gasteiger partial charge in [0.1, 0.15) is 17.5 Å². The first-order valence-corrected chi connectivity index (χ1v) is 23.4. The number of nitrogens with one attached hydrogen (secondary N) is 2. The molecule has 2 unspecified atom stereocenters. The third-order valence-electron chi connectivity index (χ3n) is 14.9. The SMILES string of the molecule is CC(=O)c1c(C)c2cnc(Nc3ccc(N4CCN(c5ccc(C(C)N6CCC(O)(c7ccc8c(c7)CN(C7CCC(=O)NC7=O)C8=O)CC6)cc5)CC4)cn3)nc2n(C2CCCC2)c1=O. The molecule has 0 spiro atoms. The number of ketones is 1. The van der Waals surface area contributed by atoms with Crippen molar-refractivity contribution in [3.63, 3.8) is 0 Å². The van der Waals surface area contributed by atoms with Crippen molar-refractivity contribution in [1.82, 2.24) is 34.6 Å². The monoisotopic (exact) mass is 892 g/mol. The van der Waals surface area contributed by atoms with Gasteiger partial charge < -0.3 is 25.1 Å². The van der Waals surface area contributed by atoms with Crippen LogP contribution in [-0.4, -0.2) is 103 Å². The van der Waals surface area contributed by atoms with Crippen LogP contribution in [0, 0.1) is 6.92 Å². The van der Waals surface area contributed by atoms with E-state index >= 15 is 0 Å². The van der Waals surface area contributed by atoms with Crippen molar-refractivity contribution in [3.05, 3.63) is 111 Å². The number of aliphatic hydroxyl groups is 1. The first kappa shape index (κ1) is 43.4. The fourth-order valence-electron chi connectivity index (χ4n) is 10.9. The predicted octanol–water partition coefficient (Wildman–Crippen LogP) is 5.69. The Hall–Kier alpha value is -6.52. The van der Waals surface area contributed by atoms with E-state index in [1.807, 2.05) is 30.5 Å². The molecular weight excluding hydrogens is 837 g/mol. The number of benzene rings is 2. The minimum absolute atomic E-state index is 0.00484. The Morgan fingerprint density at radius 3 is 2.23 bits per heavy atom. The summed E-state index contributed by atoms with van der Waals surface area (Å²) in [6.45, 7) is 10.6. The summed E-state index contributed by atoms with van der Waals surface area (Å²) in [4.78, 5) is 86.3. The Bertz CT molecular complexity index is 2790. The van der Waals surface area contributed by atoms with Crippen LogP contribution in [0.25, 0.3) is 11.0 Å². The third-order valence-corrected chi connectivity index (χ3v) is 14.9. The van der Waals surface area contributed by atoms with Gasteiger partial charge in [-0.2, -0.15) is 4.98 Å². The molecule has 66 heavy (non-hydrogen) atoms. The number of rotatable bonds is 10. The Morgan fingerprint density at radius 1 is 0.864 bits per heavy atom. The van der Waals surface area contributed by atoms with Crippen LogP contribution in [0.4, 0.5) is 23.1 Å². The summed E-state index contributed by atoms with van der Waals surface area (Å²) in [5, 5.41) is 18.2. The minimum Gasteiger partial charge on any atom is -0.385 e. The fraction of sp³-hybridized carbons (Fsp3) is 0.440. The number of aromatic nitrogens is 4. The number of carbonyl (C=O) groups is 4. The van der Waals surface area contributed by atoms with Gasteiger partial charge in [-0.25, -0.2) is 9.97 Å². The van der Waals surface area contributed by atoms with Gasteiger partial charge in [-0.1, -0.05) is 37.1 Å². The van der Waals surface area contributed by atoms with E-state index in [0.29, 0.717) is 53.2 Å². The maximum absolute atomic E-state index is 13.6. The number of carbonyl (C=O) groups excluding carboxylic acids is 4. The summed E-state index contributed by atoms with van der Waals surface area (Å²) in [6, 6.07) is 17.9. The molecule has 10 rings (SSSR count). The van der Waals surface area contributed by atoms with Gasteiger partial charge in [0.05, 0.1) is 23.0 Å². The molecule has 3 saturated heterocycles. The van der Waals surface area contributed by atoms with Gasteiger partial charge in [-0.05, 0) is 105 Å². The summed E-state index contributed by atoms with van der Waals surface area (Å²) in [5.41, 5.74) is 5.66. The standard InChI is InChI=1S/C50H56N10O6/c1-30-40-28-52-49(55-45(40)60(37-6-4-5-7-37)48(65)44(30)32(3)61)53-42-16-13-38(27-51-42)58-24-22-57(23-25-58)36-11-8-33(9-12-36)31(2)56-20-18-50(66,19-21-56)35-10-14-39-34(26-35)29-59(47(39)64)41-15-17-43(62)54-46(41)63/h8-14,16,26-28,31,37,41,66H,4-7,15,17-25,29H2,1-3H3,(H,54,62,63)(H,51,52,53,55). The maximum Gasteiger partial charge on any atom is 0.263 e. The van der Waals surface area contributed by atoms with Crippen LogP contribution in [-0.2, 0) is 21.7 Å². The molecule has 3 N–H and O–H groups in total. The van der Waals surface area contributed by atoms with E-state index in [9.17, 15) is 29.1 Å². The highest BCUT2D eigenvalue weighted by atomic mass is 16.3. The summed E-state index contributed by atoms with van der Waals surface area (Å²) < 4.78 is 1.72. The van der Waals surface area contributed by atoms with Crippen molar-refractivity contribution >= 4 is 57.7 Å². The van der Waals surface area contributed by atoms with Crippen LogP contribution in [0.5, 0.6) is 0 Å². The topological polar surface area (TPSA) is 186 Å². The van der Waals surface area contributed by atoms with Gasteiger partial charge in [0.25, 0.3) is 11.5 Å². The predicted molar refractivity (Wildman–Crippen MR) is 250 cm³/mol. The molecule has 0 radical (unpaired) electrons. The number of hydrogen-bond acceptors (Lipinski definition) is 13. The number of likely N-dealkylation sites (tertiary alicyclic amines) is 1. The third kappa shape index (κ3) is 7.99. The molecule has 5 aliphatic rings. The molecule has 1 saturated carbocycles. The van der Waals surface area contributed by atoms with Gasteiger partial charge >= 0.3 is 0 Å². The molecule has 2 aromatic carbocycles. The molecule has 16 nitrogen and oxygen atoms in total. The number of imide groups is 1. The second-order valence-electron chi connectivity index (χ2n) is 18.7. The zero-order valence-electron chi connectivity index (χ0n) is 37.8. The number of hydrogen-bond donors (Lipinski definition) is 3. The number of Topliss-reactive ketones (excluding diaryl/α,β-unsaturated/α-hetero) is 1. The zero-order valence-corrected chi connectivity index (χ0v) is 37.8. The molecule has 5 aromatic rings. The van der Waals surface area contributed by atoms with Gasteiger partial charge in [-0.15, -0.1) is 0 Å². The number of pyridine rings is 2. The lowest BCUT2D eigenvalue weighted by molar-refractivity contribution is -0.136. The Morgan fingerprint density at radius 2 is 1.56 bits per heavy atom. The quantitative estimate of drug-likeness (QED) is 0.115. The van der Waals surface area contributed by atoms with Crippen LogP contribution < -0.4 is 26.0 Å². The highest BCUT2D eigenvalue weighted by Gasteiger charge is 2.41. The minimum atomic E-state index is -1.02. The van der Waals surface area contributed by atoms with Crippen molar-refractivity contribution in [2.45, 2.75) is 102 Å². The first-order valence-electron chi connectivity index (χ1n) is 23.4. The lowest BCUT2D eigenvalue weighted by atomic mass is 9.82. The molecule has 7 heterocycles. The summed E-state index contributed by atoms with van der Waals surface area (Å²) in [5.74, 6) is -0.258. The average Bonchev–Trinajstić information content (AvgIpc) is 3.97. The van der Waals surface area contributed by atoms with Gasteiger partial charge in [0.2, 0.25) is 17.8 Å². The van der Waals surface area contributed by atoms with Crippen LogP contribution in [0.15, 0.2) is 71.8 Å². The molecule has 3 amide bonds. The van der Waals surface area contributed by atoms with Crippen molar-refractivity contribution in [3.8, 4) is 0 Å². The molecular formula is C50H56N10O6. The van der Waals surface area contributed by atoms with Crippen LogP contribution >= 0.6 is 0 Å². The molecule has 3 aromatic heterocycles. The summed E-state index contributed by atoms with van der Waals surface area (Å²) in [7, 11) is 0. The van der Waals surface area contributed by atoms with Crippen LogP contribution in [0.2, 0.25) is 0 Å². The number of piperazine rings is 1. The Labute approximate surface area is 383 Å². The number of anilines is 4. The highest BCUT2D eigenvalue weighted by Crippen LogP contribution is 2.39. The highest BCUT2D eigenvalue weighted by molar-refractivity contribution is 6.05. The van der Waals surface area contributed by atoms with Crippen molar-refractivity contribution in [2.24, 2.45) is 0 Å². The van der Waals surface area contributed by atoms with E-state index in [4.69, 9.17) is 9.97 Å². The molecule has 4 aliphatic heterocycles. The van der Waals surface area contributed by atoms with E-state index in [-0.39, 0.29) is 53.8 Å². The largest absolute Gasteiger partial charge is 0.385 e. The lowest BCUT2D eigenvalue weighted by Gasteiger charge is -2.41. The van der Waals surface area contributed by atoms with E-state index in [0.717, 1.165) is 81.8 Å². The zero-order chi connectivity index (χ0) is 45.9. The van der Waals surface area contributed by atoms with Crippen molar-refractivity contribution < 1.29 is 24.3 Å². The smallest absolute Gasteiger partial charge is 0.263 e. The fourth-order valence-corrected chi connectivity index (χ4v) is 10.9. The normalized spacial score (nSPS) is 20.8. The van der Waals surface area contributed by atoms with E-state index in [2.05, 4.69) is 61.5 Å². The number of amides is 3. The summed E-state index contributed by atoms with van der Waals surface area (Å²) >= 11 is 0. The lowest BCUT2D eigenvalue weighted by Crippen LogP contribution is -2.52. The van der Waals surface area contributed by atoms with Crippen LogP contribution in [0.1, 0.15) is 120 Å². The molecule has 2 atom stereocenters. The molecule has 4 fully saturated rings. The molecule has 1 aliphatic carbocycles. The van der Waals surface area contributed by atoms with E-state index in [1.54, 1.807) is 28.7 Å².